The summed E-state index contributed by atoms with van der Waals surface area (Å²) in [5.41, 5.74) is 6.08. The largest absolute Gasteiger partial charge is 0.481 e. The lowest BCUT2D eigenvalue weighted by molar-refractivity contribution is -0.138. The van der Waals surface area contributed by atoms with Gasteiger partial charge in [0.25, 0.3) is 0 Å². The first-order valence-corrected chi connectivity index (χ1v) is 20.9. The number of rotatable bonds is 38. The van der Waals surface area contributed by atoms with Crippen LogP contribution in [0.4, 0.5) is 9.59 Å². The maximum Gasteiger partial charge on any atom is 0.407 e. The summed E-state index contributed by atoms with van der Waals surface area (Å²) in [6.07, 6.45) is 16.8. The maximum absolute atomic E-state index is 12.5. The number of nitrogens with two attached hydrogens (primary N) is 1. The third kappa shape index (κ3) is 36.0. The lowest BCUT2D eigenvalue weighted by Gasteiger charge is -2.19. The molecule has 0 rings (SSSR count). The molecule has 52 heavy (non-hydrogen) atoms. The van der Waals surface area contributed by atoms with Gasteiger partial charge in [0.1, 0.15) is 12.7 Å². The molecule has 14 nitrogen and oxygen atoms in total. The molecular formula is C37H72N4O10S. The van der Waals surface area contributed by atoms with E-state index in [0.717, 1.165) is 38.5 Å². The topological polar surface area (TPSA) is 197 Å². The minimum absolute atomic E-state index is 0.0428. The Morgan fingerprint density at radius 3 is 1.62 bits per heavy atom. The highest BCUT2D eigenvalue weighted by atomic mass is 32.2. The fourth-order valence-corrected chi connectivity index (χ4v) is 5.88. The number of carbonyl (C=O) groups is 4. The van der Waals surface area contributed by atoms with Crippen molar-refractivity contribution in [1.82, 2.24) is 16.0 Å². The zero-order valence-electron chi connectivity index (χ0n) is 32.3. The van der Waals surface area contributed by atoms with E-state index in [1.165, 1.54) is 76.0 Å². The first-order valence-electron chi connectivity index (χ1n) is 19.7. The normalized spacial score (nSPS) is 12.2. The van der Waals surface area contributed by atoms with Crippen LogP contribution in [-0.4, -0.2) is 119 Å². The van der Waals surface area contributed by atoms with E-state index in [2.05, 4.69) is 29.8 Å². The quantitative estimate of drug-likeness (QED) is 0.0476. The van der Waals surface area contributed by atoms with Crippen LogP contribution in [0, 0.1) is 0 Å². The second-order valence-corrected chi connectivity index (χ2v) is 13.9. The first-order chi connectivity index (χ1) is 25.3. The van der Waals surface area contributed by atoms with E-state index in [9.17, 15) is 19.2 Å². The number of unbranched alkanes of at least 4 members (excludes halogenated alkanes) is 14. The number of alkyl carbamates (subject to hydrolysis) is 2. The summed E-state index contributed by atoms with van der Waals surface area (Å²) < 4.78 is 26.9. The van der Waals surface area contributed by atoms with E-state index in [1.54, 1.807) is 0 Å². The molecule has 0 saturated heterocycles. The molecule has 0 heterocycles. The van der Waals surface area contributed by atoms with E-state index in [-0.39, 0.29) is 44.4 Å². The number of nitrogens with one attached hydrogen (secondary N) is 3. The molecule has 6 N–H and O–H groups in total. The van der Waals surface area contributed by atoms with Gasteiger partial charge in [0.05, 0.1) is 52.1 Å². The lowest BCUT2D eigenvalue weighted by atomic mass is 10.1. The van der Waals surface area contributed by atoms with Gasteiger partial charge in [-0.3, -0.25) is 9.59 Å². The Labute approximate surface area is 317 Å². The van der Waals surface area contributed by atoms with Crippen molar-refractivity contribution in [2.24, 2.45) is 5.73 Å². The maximum atomic E-state index is 12.5. The molecule has 2 atom stereocenters. The van der Waals surface area contributed by atoms with Crippen molar-refractivity contribution in [2.45, 2.75) is 135 Å². The lowest BCUT2D eigenvalue weighted by Crippen LogP contribution is -2.43. The molecule has 0 bridgehead atoms. The highest BCUT2D eigenvalue weighted by Crippen LogP contribution is 2.11. The van der Waals surface area contributed by atoms with E-state index in [0.29, 0.717) is 45.3 Å². The monoisotopic (exact) mass is 764 g/mol. The summed E-state index contributed by atoms with van der Waals surface area (Å²) in [5, 5.41) is 16.9. The molecule has 2 unspecified atom stereocenters. The van der Waals surface area contributed by atoms with Crippen LogP contribution in [0.5, 0.6) is 0 Å². The van der Waals surface area contributed by atoms with Crippen LogP contribution >= 0.6 is 11.8 Å². The third-order valence-corrected chi connectivity index (χ3v) is 9.16. The molecule has 0 aliphatic heterocycles. The summed E-state index contributed by atoms with van der Waals surface area (Å²) in [4.78, 5) is 47.7. The number of thioether (sulfide) groups is 1. The molecule has 0 aliphatic carbocycles. The summed E-state index contributed by atoms with van der Waals surface area (Å²) >= 11 is 1.34. The van der Waals surface area contributed by atoms with Crippen LogP contribution in [0.25, 0.3) is 0 Å². The predicted molar refractivity (Wildman–Crippen MR) is 206 cm³/mol. The van der Waals surface area contributed by atoms with Crippen molar-refractivity contribution in [1.29, 1.82) is 0 Å². The fraction of sp³-hybridized carbons (Fsp3) is 0.892. The molecule has 3 amide bonds. The highest BCUT2D eigenvalue weighted by molar-refractivity contribution is 7.99. The summed E-state index contributed by atoms with van der Waals surface area (Å²) in [5.74, 6) is -0.662. The van der Waals surface area contributed by atoms with Crippen molar-refractivity contribution in [2.75, 3.05) is 77.4 Å². The molecular weight excluding hydrogens is 692 g/mol. The predicted octanol–water partition coefficient (Wildman–Crippen LogP) is 5.79. The fourth-order valence-electron chi connectivity index (χ4n) is 4.91. The Bertz CT molecular complexity index is 874. The van der Waals surface area contributed by atoms with Crippen LogP contribution in [0.15, 0.2) is 0 Å². The number of ether oxygens (including phenoxy) is 5. The van der Waals surface area contributed by atoms with Gasteiger partial charge in [0, 0.05) is 31.1 Å². The summed E-state index contributed by atoms with van der Waals surface area (Å²) in [6.45, 7) is 7.38. The van der Waals surface area contributed by atoms with Crippen LogP contribution in [0.2, 0.25) is 0 Å². The second-order valence-electron chi connectivity index (χ2n) is 12.8. The molecule has 0 spiro atoms. The van der Waals surface area contributed by atoms with E-state index in [4.69, 9.17) is 34.5 Å². The molecule has 0 saturated carbocycles. The van der Waals surface area contributed by atoms with Crippen LogP contribution < -0.4 is 21.7 Å². The van der Waals surface area contributed by atoms with Crippen LogP contribution in [-0.2, 0) is 33.3 Å². The number of amides is 3. The van der Waals surface area contributed by atoms with Gasteiger partial charge in [-0.25, -0.2) is 9.59 Å². The number of carboxylic acid groups (broad SMARTS) is 1. The van der Waals surface area contributed by atoms with Crippen molar-refractivity contribution in [3.8, 4) is 0 Å². The van der Waals surface area contributed by atoms with Gasteiger partial charge >= 0.3 is 18.2 Å². The average Bonchev–Trinajstić information content (AvgIpc) is 3.12. The van der Waals surface area contributed by atoms with Gasteiger partial charge in [-0.15, -0.1) is 0 Å². The minimum atomic E-state index is -0.906. The molecule has 0 aromatic rings. The molecule has 0 fully saturated rings. The molecule has 0 aromatic carbocycles. The van der Waals surface area contributed by atoms with E-state index >= 15 is 0 Å². The third-order valence-electron chi connectivity index (χ3n) is 7.96. The van der Waals surface area contributed by atoms with E-state index < -0.39 is 30.3 Å². The van der Waals surface area contributed by atoms with Crippen LogP contribution in [0.1, 0.15) is 123 Å². The number of hydrogen-bond donors (Lipinski definition) is 5. The van der Waals surface area contributed by atoms with E-state index in [1.807, 2.05) is 0 Å². The number of aliphatic carboxylic acids is 1. The Kier molecular flexibility index (Phi) is 36.7. The molecule has 0 aromatic heterocycles. The van der Waals surface area contributed by atoms with Crippen molar-refractivity contribution in [3.63, 3.8) is 0 Å². The minimum Gasteiger partial charge on any atom is -0.481 e. The summed E-state index contributed by atoms with van der Waals surface area (Å²) in [6, 6.07) is -0.790. The van der Waals surface area contributed by atoms with Gasteiger partial charge < -0.3 is 50.5 Å². The van der Waals surface area contributed by atoms with Crippen molar-refractivity contribution in [3.05, 3.63) is 0 Å². The smallest absolute Gasteiger partial charge is 0.407 e. The Morgan fingerprint density at radius 1 is 0.596 bits per heavy atom. The number of carboxylic acids is 1. The van der Waals surface area contributed by atoms with Crippen molar-refractivity contribution >= 4 is 35.8 Å². The van der Waals surface area contributed by atoms with Gasteiger partial charge in [-0.2, -0.15) is 11.8 Å². The van der Waals surface area contributed by atoms with Gasteiger partial charge in [0.15, 0.2) is 0 Å². The average molecular weight is 765 g/mol. The van der Waals surface area contributed by atoms with Crippen LogP contribution in [0.3, 0.4) is 0 Å². The first kappa shape index (κ1) is 49.7. The number of hydrogen-bond acceptors (Lipinski definition) is 11. The van der Waals surface area contributed by atoms with Gasteiger partial charge in [-0.05, 0) is 12.8 Å². The van der Waals surface area contributed by atoms with Crippen molar-refractivity contribution < 1.29 is 48.0 Å². The Balaban J connectivity index is 4.38. The molecule has 0 aliphatic rings. The Hall–Kier alpha value is -2.33. The zero-order chi connectivity index (χ0) is 38.3. The standard InChI is InChI=1S/C37H72N4O10S/c1-3-5-7-9-11-13-15-17-20-40-36(45)50-29-32(51-37(46)41-21-18-16-14-12-10-8-6-4-2)30-52-31-33(38)35(44)39-22-24-48-26-28-49-27-25-47-23-19-34(42)43/h32-33H,3-31,38H2,1-2H3,(H,39,44)(H,40,45)(H,41,46)(H,42,43). The van der Waals surface area contributed by atoms with Gasteiger partial charge in [-0.1, -0.05) is 104 Å². The Morgan fingerprint density at radius 2 is 1.08 bits per heavy atom. The SMILES string of the molecule is CCCCCCCCCCNC(=O)OCC(CSCC(N)C(=O)NCCOCCOCCOCCC(=O)O)OC(=O)NCCCCCCCCCC. The molecule has 0 radical (unpaired) electrons. The summed E-state index contributed by atoms with van der Waals surface area (Å²) in [7, 11) is 0. The second kappa shape index (κ2) is 38.4. The number of carbonyl (C=O) groups excluding carboxylic acids is 3. The molecule has 15 heteroatoms. The molecule has 306 valence electrons. The highest BCUT2D eigenvalue weighted by Gasteiger charge is 2.20. The van der Waals surface area contributed by atoms with Gasteiger partial charge in [0.2, 0.25) is 5.91 Å². The zero-order valence-corrected chi connectivity index (χ0v) is 33.1.